The topological polar surface area (TPSA) is 9.23 Å². The summed E-state index contributed by atoms with van der Waals surface area (Å²) in [7, 11) is 0. The van der Waals surface area contributed by atoms with E-state index in [0.717, 1.165) is 0 Å². The lowest BCUT2D eigenvalue weighted by Crippen LogP contribution is -1.94. The average molecular weight is 224 g/mol. The van der Waals surface area contributed by atoms with Gasteiger partial charge in [-0.15, -0.1) is 0 Å². The first-order valence-corrected chi connectivity index (χ1v) is 5.88. The second kappa shape index (κ2) is 6.62. The summed E-state index contributed by atoms with van der Waals surface area (Å²) in [6.07, 6.45) is 5.88. The first kappa shape index (κ1) is 11.3. The van der Waals surface area contributed by atoms with E-state index in [4.69, 9.17) is 17.0 Å². The first-order chi connectivity index (χ1) is 6.83. The average Bonchev–Trinajstić information content (AvgIpc) is 2.25. The van der Waals surface area contributed by atoms with Crippen LogP contribution in [0.5, 0.6) is 0 Å². The van der Waals surface area contributed by atoms with Gasteiger partial charge >= 0.3 is 0 Å². The minimum atomic E-state index is 0.536. The van der Waals surface area contributed by atoms with Gasteiger partial charge < -0.3 is 4.74 Å². The standard InChI is InChI=1S/C11H12OS2/c1-14-11(13)12-9-5-8-10-6-3-2-4-7-10/h2-8H,9H2,1H3. The zero-order valence-corrected chi connectivity index (χ0v) is 9.61. The molecule has 0 aliphatic carbocycles. The summed E-state index contributed by atoms with van der Waals surface area (Å²) in [5.41, 5.74) is 1.17. The van der Waals surface area contributed by atoms with Gasteiger partial charge in [0.25, 0.3) is 0 Å². The molecule has 0 spiro atoms. The van der Waals surface area contributed by atoms with Crippen LogP contribution in [0.4, 0.5) is 0 Å². The zero-order valence-electron chi connectivity index (χ0n) is 7.97. The Labute approximate surface area is 94.2 Å². The van der Waals surface area contributed by atoms with Crippen molar-refractivity contribution in [2.45, 2.75) is 0 Å². The van der Waals surface area contributed by atoms with Crippen molar-refractivity contribution >= 4 is 34.4 Å². The number of hydrogen-bond acceptors (Lipinski definition) is 3. The number of benzene rings is 1. The van der Waals surface area contributed by atoms with Crippen LogP contribution in [0.3, 0.4) is 0 Å². The summed E-state index contributed by atoms with van der Waals surface area (Å²) in [5, 5.41) is 0. The van der Waals surface area contributed by atoms with Gasteiger partial charge in [-0.25, -0.2) is 0 Å². The molecular formula is C11H12OS2. The highest BCUT2D eigenvalue weighted by Gasteiger charge is 1.89. The molecule has 3 heteroatoms. The van der Waals surface area contributed by atoms with E-state index in [9.17, 15) is 0 Å². The molecule has 1 aromatic rings. The van der Waals surface area contributed by atoms with E-state index in [1.807, 2.05) is 48.7 Å². The molecule has 1 nitrogen and oxygen atoms in total. The summed E-state index contributed by atoms with van der Waals surface area (Å²) < 4.78 is 5.81. The Morgan fingerprint density at radius 1 is 1.43 bits per heavy atom. The quantitative estimate of drug-likeness (QED) is 0.729. The monoisotopic (exact) mass is 224 g/mol. The van der Waals surface area contributed by atoms with E-state index >= 15 is 0 Å². The van der Waals surface area contributed by atoms with Gasteiger partial charge in [0.1, 0.15) is 6.61 Å². The Morgan fingerprint density at radius 3 is 2.79 bits per heavy atom. The number of rotatable bonds is 3. The van der Waals surface area contributed by atoms with E-state index in [-0.39, 0.29) is 0 Å². The van der Waals surface area contributed by atoms with E-state index < -0.39 is 0 Å². The van der Waals surface area contributed by atoms with E-state index in [0.29, 0.717) is 11.0 Å². The lowest BCUT2D eigenvalue weighted by atomic mass is 10.2. The molecule has 0 aromatic heterocycles. The Morgan fingerprint density at radius 2 is 2.14 bits per heavy atom. The molecule has 1 aromatic carbocycles. The van der Waals surface area contributed by atoms with Crippen LogP contribution in [0.1, 0.15) is 5.56 Å². The Balaban J connectivity index is 2.31. The molecule has 0 saturated carbocycles. The summed E-state index contributed by atoms with van der Waals surface area (Å²) in [4.78, 5) is 0. The smallest absolute Gasteiger partial charge is 0.220 e. The minimum absolute atomic E-state index is 0.536. The molecule has 0 aliphatic rings. The van der Waals surface area contributed by atoms with Crippen molar-refractivity contribution < 1.29 is 4.74 Å². The molecule has 0 radical (unpaired) electrons. The lowest BCUT2D eigenvalue weighted by Gasteiger charge is -1.99. The summed E-state index contributed by atoms with van der Waals surface area (Å²) >= 11 is 6.34. The molecular weight excluding hydrogens is 212 g/mol. The first-order valence-electron chi connectivity index (χ1n) is 4.25. The molecule has 0 aliphatic heterocycles. The van der Waals surface area contributed by atoms with Crippen LogP contribution in [0.15, 0.2) is 36.4 Å². The van der Waals surface area contributed by atoms with Crippen LogP contribution in [0, 0.1) is 0 Å². The molecule has 0 saturated heterocycles. The highest BCUT2D eigenvalue weighted by atomic mass is 32.2. The lowest BCUT2D eigenvalue weighted by molar-refractivity contribution is 0.371. The predicted molar refractivity (Wildman–Crippen MR) is 67.5 cm³/mol. The van der Waals surface area contributed by atoms with Crippen LogP contribution >= 0.6 is 24.0 Å². The van der Waals surface area contributed by atoms with Gasteiger partial charge in [-0.1, -0.05) is 48.2 Å². The van der Waals surface area contributed by atoms with Crippen molar-refractivity contribution in [1.29, 1.82) is 0 Å². The summed E-state index contributed by atoms with van der Waals surface area (Å²) in [5.74, 6) is 0. The predicted octanol–water partition coefficient (Wildman–Crippen LogP) is 3.36. The minimum Gasteiger partial charge on any atom is -0.474 e. The maximum atomic E-state index is 5.22. The van der Waals surface area contributed by atoms with Gasteiger partial charge in [0.2, 0.25) is 4.38 Å². The molecule has 0 N–H and O–H groups in total. The molecule has 14 heavy (non-hydrogen) atoms. The highest BCUT2D eigenvalue weighted by molar-refractivity contribution is 8.22. The normalized spacial score (nSPS) is 10.4. The van der Waals surface area contributed by atoms with Gasteiger partial charge in [0.05, 0.1) is 0 Å². The van der Waals surface area contributed by atoms with Crippen molar-refractivity contribution in [2.24, 2.45) is 0 Å². The van der Waals surface area contributed by atoms with Gasteiger partial charge in [0.15, 0.2) is 0 Å². The zero-order chi connectivity index (χ0) is 10.2. The molecule has 1 rings (SSSR count). The largest absolute Gasteiger partial charge is 0.474 e. The number of hydrogen-bond donors (Lipinski definition) is 0. The molecule has 0 bridgehead atoms. The fraction of sp³-hybridized carbons (Fsp3) is 0.182. The maximum Gasteiger partial charge on any atom is 0.220 e. The Hall–Kier alpha value is -0.800. The van der Waals surface area contributed by atoms with E-state index in [1.54, 1.807) is 0 Å². The van der Waals surface area contributed by atoms with Crippen LogP contribution in [0.2, 0.25) is 0 Å². The number of thioether (sulfide) groups is 1. The van der Waals surface area contributed by atoms with Crippen LogP contribution in [-0.4, -0.2) is 17.2 Å². The van der Waals surface area contributed by atoms with Crippen LogP contribution in [0.25, 0.3) is 6.08 Å². The van der Waals surface area contributed by atoms with E-state index in [2.05, 4.69) is 0 Å². The summed E-state index contributed by atoms with van der Waals surface area (Å²) in [6, 6.07) is 10.1. The van der Waals surface area contributed by atoms with Crippen LogP contribution in [-0.2, 0) is 4.74 Å². The van der Waals surface area contributed by atoms with Crippen LogP contribution < -0.4 is 0 Å². The molecule has 0 heterocycles. The second-order valence-electron chi connectivity index (χ2n) is 2.58. The van der Waals surface area contributed by atoms with Gasteiger partial charge in [-0.3, -0.25) is 0 Å². The molecule has 0 unspecified atom stereocenters. The van der Waals surface area contributed by atoms with Crippen molar-refractivity contribution in [3.63, 3.8) is 0 Å². The third-order valence-electron chi connectivity index (χ3n) is 1.57. The van der Waals surface area contributed by atoms with Gasteiger partial charge in [0, 0.05) is 0 Å². The molecule has 0 fully saturated rings. The van der Waals surface area contributed by atoms with E-state index in [1.165, 1.54) is 17.3 Å². The Kier molecular flexibility index (Phi) is 5.33. The highest BCUT2D eigenvalue weighted by Crippen LogP contribution is 2.02. The van der Waals surface area contributed by atoms with Gasteiger partial charge in [-0.05, 0) is 30.1 Å². The fourth-order valence-electron chi connectivity index (χ4n) is 0.923. The molecule has 0 atom stereocenters. The van der Waals surface area contributed by atoms with Gasteiger partial charge in [-0.2, -0.15) is 0 Å². The fourth-order valence-corrected chi connectivity index (χ4v) is 1.18. The van der Waals surface area contributed by atoms with Crippen molar-refractivity contribution in [2.75, 3.05) is 12.9 Å². The maximum absolute atomic E-state index is 5.22. The van der Waals surface area contributed by atoms with Crippen molar-refractivity contribution in [1.82, 2.24) is 0 Å². The van der Waals surface area contributed by atoms with Crippen molar-refractivity contribution in [3.05, 3.63) is 42.0 Å². The second-order valence-corrected chi connectivity index (χ2v) is 3.99. The van der Waals surface area contributed by atoms with Crippen molar-refractivity contribution in [3.8, 4) is 0 Å². The Bertz CT molecular complexity index is 306. The summed E-state index contributed by atoms with van der Waals surface area (Å²) in [6.45, 7) is 0.536. The molecule has 0 amide bonds. The number of ether oxygens (including phenoxy) is 1. The SMILES string of the molecule is CSC(=S)OCC=Cc1ccccc1. The molecule has 74 valence electrons. The number of thiocarbonyl (C=S) groups is 1. The third kappa shape index (κ3) is 4.44. The third-order valence-corrected chi connectivity index (χ3v) is 2.64.